The van der Waals surface area contributed by atoms with E-state index in [1.54, 1.807) is 42.1 Å². The average molecular weight is 299 g/mol. The number of methoxy groups -OCH3 is 1. The Balaban J connectivity index is 2.15. The number of aromatic nitrogens is 3. The van der Waals surface area contributed by atoms with Gasteiger partial charge in [0.25, 0.3) is 5.91 Å². The number of nitrogens with zero attached hydrogens (tertiary/aromatic N) is 3. The minimum Gasteiger partial charge on any atom is -0.497 e. The number of rotatable bonds is 2. The summed E-state index contributed by atoms with van der Waals surface area (Å²) in [6.45, 7) is 1.93. The molecule has 6 heteroatoms. The van der Waals surface area contributed by atoms with Crippen LogP contribution in [-0.2, 0) is 0 Å². The first-order valence-corrected chi connectivity index (χ1v) is 6.78. The van der Waals surface area contributed by atoms with E-state index in [1.165, 1.54) is 4.68 Å². The molecule has 5 nitrogen and oxygen atoms in total. The maximum atomic E-state index is 12.6. The number of carbonyl (C=O) groups is 1. The summed E-state index contributed by atoms with van der Waals surface area (Å²) in [6.07, 6.45) is 1.77. The van der Waals surface area contributed by atoms with Gasteiger partial charge in [-0.3, -0.25) is 4.79 Å². The Morgan fingerprint density at radius 1 is 1.24 bits per heavy atom. The lowest BCUT2D eigenvalue weighted by Gasteiger charge is -2.06. The largest absolute Gasteiger partial charge is 0.497 e. The Kier molecular flexibility index (Phi) is 3.31. The summed E-state index contributed by atoms with van der Waals surface area (Å²) in [7, 11) is 1.58. The van der Waals surface area contributed by atoms with Crippen LogP contribution in [0, 0.1) is 11.7 Å². The zero-order valence-corrected chi connectivity index (χ0v) is 12.4. The molecule has 0 unspecified atom stereocenters. The minimum absolute atomic E-state index is 0.222. The number of hydrogen-bond donors (Lipinski definition) is 0. The van der Waals surface area contributed by atoms with Crippen LogP contribution in [0.5, 0.6) is 5.75 Å². The van der Waals surface area contributed by atoms with Gasteiger partial charge in [0.2, 0.25) is 4.77 Å². The Hall–Kier alpha value is -2.47. The summed E-state index contributed by atoms with van der Waals surface area (Å²) in [4.78, 5) is 16.9. The molecule has 2 aromatic heterocycles. The molecule has 0 atom stereocenters. The summed E-state index contributed by atoms with van der Waals surface area (Å²) < 4.78 is 8.39. The zero-order chi connectivity index (χ0) is 15.0. The van der Waals surface area contributed by atoms with E-state index >= 15 is 0 Å². The van der Waals surface area contributed by atoms with Gasteiger partial charge >= 0.3 is 0 Å². The van der Waals surface area contributed by atoms with Gasteiger partial charge in [-0.15, -0.1) is 0 Å². The van der Waals surface area contributed by atoms with E-state index in [2.05, 4.69) is 4.98 Å². The first-order chi connectivity index (χ1) is 10.1. The highest BCUT2D eigenvalue weighted by atomic mass is 32.1. The number of benzene rings is 1. The average Bonchev–Trinajstić information content (AvgIpc) is 2.84. The fourth-order valence-electron chi connectivity index (χ4n) is 2.17. The predicted molar refractivity (Wildman–Crippen MR) is 81.5 cm³/mol. The molecule has 0 fully saturated rings. The number of ether oxygens (including phenoxy) is 1. The van der Waals surface area contributed by atoms with Crippen molar-refractivity contribution in [1.29, 1.82) is 0 Å². The van der Waals surface area contributed by atoms with E-state index in [1.807, 2.05) is 19.1 Å². The van der Waals surface area contributed by atoms with Crippen molar-refractivity contribution in [2.45, 2.75) is 6.92 Å². The quantitative estimate of drug-likeness (QED) is 0.683. The summed E-state index contributed by atoms with van der Waals surface area (Å²) in [5.74, 6) is 0.477. The maximum absolute atomic E-state index is 12.6. The smallest absolute Gasteiger partial charge is 0.279 e. The van der Waals surface area contributed by atoms with Gasteiger partial charge in [0, 0.05) is 11.8 Å². The van der Waals surface area contributed by atoms with Crippen molar-refractivity contribution in [2.24, 2.45) is 0 Å². The van der Waals surface area contributed by atoms with Crippen molar-refractivity contribution in [3.63, 3.8) is 0 Å². The van der Waals surface area contributed by atoms with Gasteiger partial charge in [-0.1, -0.05) is 6.07 Å². The Morgan fingerprint density at radius 2 is 1.95 bits per heavy atom. The van der Waals surface area contributed by atoms with Gasteiger partial charge in [-0.05, 0) is 55.0 Å². The second-order valence-electron chi connectivity index (χ2n) is 4.60. The van der Waals surface area contributed by atoms with Crippen LogP contribution in [0.1, 0.15) is 15.9 Å². The molecule has 0 spiro atoms. The van der Waals surface area contributed by atoms with Crippen LogP contribution in [0.25, 0.3) is 5.65 Å². The van der Waals surface area contributed by atoms with Crippen LogP contribution in [0.2, 0.25) is 0 Å². The number of pyridine rings is 1. The maximum Gasteiger partial charge on any atom is 0.279 e. The first-order valence-electron chi connectivity index (χ1n) is 6.37. The normalized spacial score (nSPS) is 10.8. The molecule has 0 radical (unpaired) electrons. The fraction of sp³-hybridized carbons (Fsp3) is 0.133. The molecule has 21 heavy (non-hydrogen) atoms. The summed E-state index contributed by atoms with van der Waals surface area (Å²) in [5.41, 5.74) is 2.17. The molecule has 0 N–H and O–H groups in total. The molecule has 0 aliphatic heterocycles. The van der Waals surface area contributed by atoms with Crippen molar-refractivity contribution >= 4 is 23.8 Å². The fourth-order valence-corrected chi connectivity index (χ4v) is 2.42. The van der Waals surface area contributed by atoms with Crippen LogP contribution in [0.15, 0.2) is 42.6 Å². The molecule has 0 aliphatic carbocycles. The molecule has 1 aromatic carbocycles. The van der Waals surface area contributed by atoms with Crippen LogP contribution in [-0.4, -0.2) is 27.2 Å². The van der Waals surface area contributed by atoms with Gasteiger partial charge in [-0.2, -0.15) is 9.67 Å². The van der Waals surface area contributed by atoms with Gasteiger partial charge in [0.15, 0.2) is 5.65 Å². The Labute approximate surface area is 126 Å². The lowest BCUT2D eigenvalue weighted by molar-refractivity contribution is 0.0938. The van der Waals surface area contributed by atoms with Crippen molar-refractivity contribution < 1.29 is 9.53 Å². The van der Waals surface area contributed by atoms with E-state index in [4.69, 9.17) is 17.0 Å². The highest BCUT2D eigenvalue weighted by molar-refractivity contribution is 7.71. The number of hydrogen-bond acceptors (Lipinski definition) is 4. The standard InChI is InChI=1S/C15H13N3O2S/c1-10-4-3-9-17-13(10)16-15(21)18(17)14(19)11-5-7-12(20-2)8-6-11/h3-9H,1-2H3. The number of aryl methyl sites for hydroxylation is 1. The lowest BCUT2D eigenvalue weighted by Crippen LogP contribution is -2.17. The zero-order valence-electron chi connectivity index (χ0n) is 11.6. The molecule has 106 valence electrons. The monoisotopic (exact) mass is 299 g/mol. The third kappa shape index (κ3) is 2.23. The summed E-state index contributed by atoms with van der Waals surface area (Å²) >= 11 is 5.22. The van der Waals surface area contributed by atoms with Crippen LogP contribution in [0.3, 0.4) is 0 Å². The van der Waals surface area contributed by atoms with Crippen LogP contribution >= 0.6 is 12.2 Å². The highest BCUT2D eigenvalue weighted by Crippen LogP contribution is 2.14. The number of carbonyl (C=O) groups excluding carboxylic acids is 1. The number of fused-ring (bicyclic) bond motifs is 1. The lowest BCUT2D eigenvalue weighted by atomic mass is 10.2. The SMILES string of the molecule is COc1ccc(C(=O)n2c(=S)nc3c(C)cccn32)cc1. The van der Waals surface area contributed by atoms with Crippen molar-refractivity contribution in [1.82, 2.24) is 14.2 Å². The Bertz CT molecular complexity index is 878. The predicted octanol–water partition coefficient (Wildman–Crippen LogP) is 2.87. The second kappa shape index (κ2) is 5.14. The summed E-state index contributed by atoms with van der Waals surface area (Å²) in [6, 6.07) is 10.7. The molecular weight excluding hydrogens is 286 g/mol. The van der Waals surface area contributed by atoms with E-state index in [0.717, 1.165) is 5.56 Å². The van der Waals surface area contributed by atoms with E-state index < -0.39 is 0 Å². The van der Waals surface area contributed by atoms with Gasteiger partial charge in [0.05, 0.1) is 7.11 Å². The first kappa shape index (κ1) is 13.5. The third-order valence-corrected chi connectivity index (χ3v) is 3.53. The molecule has 3 rings (SSSR count). The van der Waals surface area contributed by atoms with Gasteiger partial charge in [0.1, 0.15) is 5.75 Å². The molecule has 2 heterocycles. The molecule has 0 saturated carbocycles. The molecule has 0 aliphatic rings. The van der Waals surface area contributed by atoms with Crippen molar-refractivity contribution in [3.8, 4) is 5.75 Å². The third-order valence-electron chi connectivity index (χ3n) is 3.27. The molecule has 3 aromatic rings. The van der Waals surface area contributed by atoms with E-state index in [9.17, 15) is 4.79 Å². The van der Waals surface area contributed by atoms with E-state index in [-0.39, 0.29) is 10.7 Å². The highest BCUT2D eigenvalue weighted by Gasteiger charge is 2.15. The second-order valence-corrected chi connectivity index (χ2v) is 4.96. The molecule has 0 saturated heterocycles. The molecule has 0 bridgehead atoms. The van der Waals surface area contributed by atoms with Gasteiger partial charge in [-0.25, -0.2) is 4.52 Å². The topological polar surface area (TPSA) is 48.5 Å². The van der Waals surface area contributed by atoms with Crippen LogP contribution < -0.4 is 4.74 Å². The molecule has 0 amide bonds. The van der Waals surface area contributed by atoms with Crippen molar-refractivity contribution in [3.05, 3.63) is 58.5 Å². The Morgan fingerprint density at radius 3 is 2.62 bits per heavy atom. The van der Waals surface area contributed by atoms with Crippen molar-refractivity contribution in [2.75, 3.05) is 7.11 Å². The summed E-state index contributed by atoms with van der Waals surface area (Å²) in [5, 5.41) is 0. The molecular formula is C15H13N3O2S. The van der Waals surface area contributed by atoms with E-state index in [0.29, 0.717) is 17.0 Å². The van der Waals surface area contributed by atoms with Crippen LogP contribution in [0.4, 0.5) is 0 Å². The minimum atomic E-state index is -0.222. The van der Waals surface area contributed by atoms with Gasteiger partial charge < -0.3 is 4.74 Å².